The summed E-state index contributed by atoms with van der Waals surface area (Å²) in [6.45, 7) is 4.76. The number of carbonyl (C=O) groups excluding carboxylic acids is 1. The molecule has 4 rings (SSSR count). The number of aryl methyl sites for hydroxylation is 1. The van der Waals surface area contributed by atoms with Crippen molar-refractivity contribution in [3.8, 4) is 5.75 Å². The Kier molecular flexibility index (Phi) is 7.31. The largest absolute Gasteiger partial charge is 0.494 e. The summed E-state index contributed by atoms with van der Waals surface area (Å²) in [7, 11) is 0. The van der Waals surface area contributed by atoms with Crippen LogP contribution in [-0.4, -0.2) is 18.3 Å². The molecule has 0 saturated heterocycles. The highest BCUT2D eigenvalue weighted by atomic mass is 79.9. The molecule has 33 heavy (non-hydrogen) atoms. The minimum Gasteiger partial charge on any atom is -0.494 e. The van der Waals surface area contributed by atoms with Gasteiger partial charge in [-0.05, 0) is 85.1 Å². The minimum atomic E-state index is -0.179. The lowest BCUT2D eigenvalue weighted by atomic mass is 10.1. The third-order valence-electron chi connectivity index (χ3n) is 5.31. The van der Waals surface area contributed by atoms with Crippen LogP contribution in [0, 0.1) is 6.92 Å². The van der Waals surface area contributed by atoms with Crippen molar-refractivity contribution < 1.29 is 9.53 Å². The van der Waals surface area contributed by atoms with Gasteiger partial charge in [0.1, 0.15) is 17.3 Å². The molecule has 3 aromatic carbocycles. The topological polar surface area (TPSA) is 41.9 Å². The third-order valence-corrected chi connectivity index (χ3v) is 6.08. The van der Waals surface area contributed by atoms with Gasteiger partial charge in [-0.1, -0.05) is 53.0 Å². The average Bonchev–Trinajstić information content (AvgIpc) is 3.12. The van der Waals surface area contributed by atoms with E-state index in [0.717, 1.165) is 45.4 Å². The molecule has 0 atom stereocenters. The number of unbranched alkanes of at least 4 members (excludes halogenated alkanes) is 1. The maximum absolute atomic E-state index is 13.5. The monoisotopic (exact) mass is 522 g/mol. The number of amides is 1. The van der Waals surface area contributed by atoms with E-state index < -0.39 is 0 Å². The van der Waals surface area contributed by atoms with Crippen LogP contribution in [0.4, 0.5) is 5.69 Å². The number of aliphatic imine (C=N–C) groups is 1. The van der Waals surface area contributed by atoms with Crippen molar-refractivity contribution >= 4 is 51.0 Å². The molecule has 0 bridgehead atoms. The van der Waals surface area contributed by atoms with Gasteiger partial charge in [-0.15, -0.1) is 0 Å². The van der Waals surface area contributed by atoms with Crippen LogP contribution in [0.2, 0.25) is 5.02 Å². The molecule has 1 amide bonds. The minimum absolute atomic E-state index is 0.179. The predicted octanol–water partition coefficient (Wildman–Crippen LogP) is 7.42. The van der Waals surface area contributed by atoms with E-state index in [9.17, 15) is 4.79 Å². The van der Waals surface area contributed by atoms with Crippen molar-refractivity contribution in [2.24, 2.45) is 4.99 Å². The highest BCUT2D eigenvalue weighted by Gasteiger charge is 2.33. The predicted molar refractivity (Wildman–Crippen MR) is 139 cm³/mol. The number of anilines is 1. The second-order valence-corrected chi connectivity index (χ2v) is 9.17. The summed E-state index contributed by atoms with van der Waals surface area (Å²) < 4.78 is 6.77. The van der Waals surface area contributed by atoms with Gasteiger partial charge in [0, 0.05) is 15.1 Å². The fraction of sp³-hybridized carbons (Fsp3) is 0.185. The molecule has 0 fully saturated rings. The molecule has 0 unspecified atom stereocenters. The highest BCUT2D eigenvalue weighted by molar-refractivity contribution is 9.10. The second kappa shape index (κ2) is 10.4. The van der Waals surface area contributed by atoms with Gasteiger partial charge in [-0.2, -0.15) is 0 Å². The zero-order valence-electron chi connectivity index (χ0n) is 18.5. The first-order valence-electron chi connectivity index (χ1n) is 10.9. The van der Waals surface area contributed by atoms with Crippen LogP contribution in [-0.2, 0) is 4.79 Å². The summed E-state index contributed by atoms with van der Waals surface area (Å²) in [4.78, 5) is 19.9. The Labute approximate surface area is 207 Å². The molecule has 0 aromatic heterocycles. The number of hydrogen-bond donors (Lipinski definition) is 0. The quantitative estimate of drug-likeness (QED) is 0.239. The van der Waals surface area contributed by atoms with Crippen molar-refractivity contribution in [1.82, 2.24) is 0 Å². The van der Waals surface area contributed by atoms with E-state index in [1.807, 2.05) is 73.7 Å². The lowest BCUT2D eigenvalue weighted by Gasteiger charge is -2.21. The Morgan fingerprint density at radius 1 is 1.06 bits per heavy atom. The van der Waals surface area contributed by atoms with Gasteiger partial charge >= 0.3 is 0 Å². The summed E-state index contributed by atoms with van der Waals surface area (Å²) >= 11 is 9.61. The fourth-order valence-corrected chi connectivity index (χ4v) is 4.05. The molecule has 1 aliphatic heterocycles. The number of hydrogen-bond acceptors (Lipinski definition) is 3. The first kappa shape index (κ1) is 23.3. The van der Waals surface area contributed by atoms with Crippen LogP contribution in [0.15, 0.2) is 81.9 Å². The van der Waals surface area contributed by atoms with Crippen molar-refractivity contribution in [2.45, 2.75) is 26.7 Å². The summed E-state index contributed by atoms with van der Waals surface area (Å²) in [5.74, 6) is 1.20. The third kappa shape index (κ3) is 5.37. The van der Waals surface area contributed by atoms with E-state index >= 15 is 0 Å². The van der Waals surface area contributed by atoms with E-state index in [1.165, 1.54) is 0 Å². The SMILES string of the molecule is CCCCOc1ccc(C2=NC(=Cc3ccc(Br)cc3)C(=O)N2c2ccc(Cl)cc2C)cc1. The normalized spacial score (nSPS) is 14.7. The Balaban J connectivity index is 1.73. The van der Waals surface area contributed by atoms with Crippen molar-refractivity contribution in [1.29, 1.82) is 0 Å². The first-order chi connectivity index (χ1) is 16.0. The lowest BCUT2D eigenvalue weighted by Crippen LogP contribution is -2.33. The maximum atomic E-state index is 13.5. The van der Waals surface area contributed by atoms with E-state index in [-0.39, 0.29) is 5.91 Å². The van der Waals surface area contributed by atoms with E-state index in [4.69, 9.17) is 21.3 Å². The van der Waals surface area contributed by atoms with Crippen LogP contribution < -0.4 is 9.64 Å². The molecule has 168 valence electrons. The molecular formula is C27H24BrClN2O2. The number of halogens is 2. The Bertz CT molecular complexity index is 1220. The van der Waals surface area contributed by atoms with Gasteiger partial charge in [0.05, 0.1) is 12.3 Å². The average molecular weight is 524 g/mol. The molecule has 0 N–H and O–H groups in total. The summed E-state index contributed by atoms with van der Waals surface area (Å²) in [5.41, 5.74) is 3.77. The number of benzene rings is 3. The lowest BCUT2D eigenvalue weighted by molar-refractivity contribution is -0.113. The smallest absolute Gasteiger partial charge is 0.282 e. The summed E-state index contributed by atoms with van der Waals surface area (Å²) in [6, 6.07) is 21.0. The van der Waals surface area contributed by atoms with E-state index in [1.54, 1.807) is 11.0 Å². The van der Waals surface area contributed by atoms with Crippen LogP contribution in [0.1, 0.15) is 36.5 Å². The fourth-order valence-electron chi connectivity index (χ4n) is 3.56. The number of nitrogens with zero attached hydrogens (tertiary/aromatic N) is 2. The molecule has 4 nitrogen and oxygen atoms in total. The zero-order valence-corrected chi connectivity index (χ0v) is 20.9. The molecule has 0 spiro atoms. The van der Waals surface area contributed by atoms with Gasteiger partial charge in [-0.25, -0.2) is 4.99 Å². The van der Waals surface area contributed by atoms with E-state index in [0.29, 0.717) is 23.2 Å². The maximum Gasteiger partial charge on any atom is 0.282 e. The van der Waals surface area contributed by atoms with Gasteiger partial charge in [0.15, 0.2) is 0 Å². The Hall–Kier alpha value is -2.89. The van der Waals surface area contributed by atoms with Gasteiger partial charge < -0.3 is 4.74 Å². The van der Waals surface area contributed by atoms with E-state index in [2.05, 4.69) is 22.9 Å². The Morgan fingerprint density at radius 2 is 1.79 bits per heavy atom. The van der Waals surface area contributed by atoms with Crippen molar-refractivity contribution in [2.75, 3.05) is 11.5 Å². The zero-order chi connectivity index (χ0) is 23.4. The number of carbonyl (C=O) groups is 1. The molecule has 0 radical (unpaired) electrons. The number of rotatable bonds is 7. The van der Waals surface area contributed by atoms with Crippen LogP contribution in [0.3, 0.4) is 0 Å². The van der Waals surface area contributed by atoms with Gasteiger partial charge in [0.25, 0.3) is 5.91 Å². The van der Waals surface area contributed by atoms with Crippen LogP contribution in [0.5, 0.6) is 5.75 Å². The molecule has 1 aliphatic rings. The molecule has 0 saturated carbocycles. The van der Waals surface area contributed by atoms with Gasteiger partial charge in [-0.3, -0.25) is 9.69 Å². The Morgan fingerprint density at radius 3 is 2.45 bits per heavy atom. The van der Waals surface area contributed by atoms with Crippen LogP contribution >= 0.6 is 27.5 Å². The van der Waals surface area contributed by atoms with Gasteiger partial charge in [0.2, 0.25) is 0 Å². The summed E-state index contributed by atoms with van der Waals surface area (Å²) in [5, 5.41) is 0.626. The number of ether oxygens (including phenoxy) is 1. The summed E-state index contributed by atoms with van der Waals surface area (Å²) in [6.07, 6.45) is 3.90. The molecule has 0 aliphatic carbocycles. The molecule has 1 heterocycles. The number of amidine groups is 1. The second-order valence-electron chi connectivity index (χ2n) is 7.81. The molecule has 6 heteroatoms. The van der Waals surface area contributed by atoms with Crippen molar-refractivity contribution in [3.63, 3.8) is 0 Å². The first-order valence-corrected chi connectivity index (χ1v) is 12.0. The molecular weight excluding hydrogens is 500 g/mol. The standard InChI is InChI=1S/C27H24BrClN2O2/c1-3-4-15-33-23-12-7-20(8-13-23)26-30-24(17-19-5-9-21(28)10-6-19)27(32)31(26)25-14-11-22(29)16-18(25)2/h5-14,16-17H,3-4,15H2,1-2H3. The highest BCUT2D eigenvalue weighted by Crippen LogP contribution is 2.32. The van der Waals surface area contributed by atoms with Crippen LogP contribution in [0.25, 0.3) is 6.08 Å². The molecule has 3 aromatic rings. The van der Waals surface area contributed by atoms with Crippen molar-refractivity contribution in [3.05, 3.63) is 98.6 Å².